The van der Waals surface area contributed by atoms with Gasteiger partial charge in [-0.2, -0.15) is 0 Å². The zero-order valence-corrected chi connectivity index (χ0v) is 13.3. The van der Waals surface area contributed by atoms with Gasteiger partial charge in [-0.25, -0.2) is 4.39 Å². The first kappa shape index (κ1) is 15.3. The predicted octanol–water partition coefficient (Wildman–Crippen LogP) is 3.83. The second kappa shape index (κ2) is 6.36. The van der Waals surface area contributed by atoms with Crippen molar-refractivity contribution in [2.24, 2.45) is 0 Å². The van der Waals surface area contributed by atoms with Crippen LogP contribution < -0.4 is 10.1 Å². The number of nitrogens with one attached hydrogen (secondary N) is 1. The van der Waals surface area contributed by atoms with E-state index in [-0.39, 0.29) is 11.7 Å². The lowest BCUT2D eigenvalue weighted by Gasteiger charge is -2.14. The van der Waals surface area contributed by atoms with Gasteiger partial charge in [0.05, 0.1) is 11.9 Å². The maximum absolute atomic E-state index is 13.5. The van der Waals surface area contributed by atoms with E-state index in [9.17, 15) is 9.18 Å². The van der Waals surface area contributed by atoms with Gasteiger partial charge in [-0.3, -0.25) is 9.78 Å². The number of carbonyl (C=O) groups excluding carboxylic acids is 1. The fourth-order valence-corrected chi connectivity index (χ4v) is 2.94. The normalized spacial score (nSPS) is 15.3. The fourth-order valence-electron chi connectivity index (χ4n) is 2.94. The number of benzene rings is 2. The number of amides is 1. The Morgan fingerprint density at radius 1 is 1.16 bits per heavy atom. The van der Waals surface area contributed by atoms with Crippen LogP contribution in [0, 0.1) is 5.82 Å². The highest BCUT2D eigenvalue weighted by Crippen LogP contribution is 2.31. The molecule has 4 nitrogen and oxygen atoms in total. The molecule has 0 radical (unpaired) electrons. The minimum absolute atomic E-state index is 0.248. The molecule has 2 aromatic carbocycles. The van der Waals surface area contributed by atoms with Gasteiger partial charge in [-0.15, -0.1) is 0 Å². The molecule has 0 spiro atoms. The number of para-hydroxylation sites is 1. The van der Waals surface area contributed by atoms with Gasteiger partial charge in [-0.1, -0.05) is 30.3 Å². The van der Waals surface area contributed by atoms with E-state index in [1.165, 1.54) is 12.1 Å². The van der Waals surface area contributed by atoms with Crippen molar-refractivity contribution in [3.63, 3.8) is 0 Å². The van der Waals surface area contributed by atoms with Gasteiger partial charge in [0.1, 0.15) is 11.6 Å². The highest BCUT2D eigenvalue weighted by atomic mass is 19.1. The number of rotatable bonds is 3. The molecule has 1 N–H and O–H groups in total. The van der Waals surface area contributed by atoms with Crippen LogP contribution >= 0.6 is 0 Å². The Morgan fingerprint density at radius 3 is 2.88 bits per heavy atom. The van der Waals surface area contributed by atoms with Crippen LogP contribution in [0.3, 0.4) is 0 Å². The molecular weight excluding hydrogens is 319 g/mol. The Balaban J connectivity index is 1.57. The van der Waals surface area contributed by atoms with Crippen LogP contribution in [0.25, 0.3) is 11.1 Å². The van der Waals surface area contributed by atoms with E-state index in [4.69, 9.17) is 4.74 Å². The molecule has 124 valence electrons. The third-order valence-electron chi connectivity index (χ3n) is 4.15. The van der Waals surface area contributed by atoms with E-state index in [2.05, 4.69) is 10.3 Å². The molecule has 4 rings (SSSR count). The van der Waals surface area contributed by atoms with Gasteiger partial charge in [0.2, 0.25) is 0 Å². The Labute approximate surface area is 144 Å². The van der Waals surface area contributed by atoms with Crippen LogP contribution in [0.4, 0.5) is 10.1 Å². The average molecular weight is 334 g/mol. The molecule has 0 aliphatic carbocycles. The molecule has 1 aliphatic heterocycles. The van der Waals surface area contributed by atoms with E-state index in [0.717, 1.165) is 11.3 Å². The Morgan fingerprint density at radius 2 is 2.04 bits per heavy atom. The maximum Gasteiger partial charge on any atom is 0.265 e. The molecule has 1 atom stereocenters. The minimum Gasteiger partial charge on any atom is -0.480 e. The zero-order chi connectivity index (χ0) is 17.2. The standard InChI is InChI=1S/C20H15FN2O2/c21-15-6-3-5-13(10-15)16-8-9-22-12-17(16)23-20(24)19-11-14-4-1-2-7-18(14)25-19/h1-10,12,19H,11H2,(H,23,24). The minimum atomic E-state index is -0.585. The number of hydrogen-bond donors (Lipinski definition) is 1. The Bertz CT molecular complexity index is 917. The van der Waals surface area contributed by atoms with Crippen molar-refractivity contribution in [2.75, 3.05) is 5.32 Å². The van der Waals surface area contributed by atoms with Gasteiger partial charge in [0.15, 0.2) is 6.10 Å². The summed E-state index contributed by atoms with van der Waals surface area (Å²) in [6.45, 7) is 0. The molecule has 1 amide bonds. The van der Waals surface area contributed by atoms with E-state index >= 15 is 0 Å². The monoisotopic (exact) mass is 334 g/mol. The van der Waals surface area contributed by atoms with Crippen LogP contribution in [0.1, 0.15) is 5.56 Å². The molecule has 0 saturated carbocycles. The number of hydrogen-bond acceptors (Lipinski definition) is 3. The van der Waals surface area contributed by atoms with Crippen molar-refractivity contribution < 1.29 is 13.9 Å². The molecule has 1 aromatic heterocycles. The Hall–Kier alpha value is -3.21. The largest absolute Gasteiger partial charge is 0.480 e. The zero-order valence-electron chi connectivity index (χ0n) is 13.3. The molecule has 3 aromatic rings. The first-order chi connectivity index (χ1) is 12.2. The summed E-state index contributed by atoms with van der Waals surface area (Å²) in [5, 5.41) is 2.86. The number of pyridine rings is 1. The van der Waals surface area contributed by atoms with Crippen molar-refractivity contribution in [1.82, 2.24) is 4.98 Å². The number of carbonyl (C=O) groups is 1. The highest BCUT2D eigenvalue weighted by Gasteiger charge is 2.29. The van der Waals surface area contributed by atoms with Crippen LogP contribution in [-0.2, 0) is 11.2 Å². The summed E-state index contributed by atoms with van der Waals surface area (Å²) in [5.41, 5.74) is 2.92. The SMILES string of the molecule is O=C(Nc1cnccc1-c1cccc(F)c1)C1Cc2ccccc2O1. The molecule has 0 bridgehead atoms. The summed E-state index contributed by atoms with van der Waals surface area (Å²) in [4.78, 5) is 16.7. The first-order valence-corrected chi connectivity index (χ1v) is 7.96. The van der Waals surface area contributed by atoms with Gasteiger partial charge in [-0.05, 0) is 35.4 Å². The number of aromatic nitrogens is 1. The highest BCUT2D eigenvalue weighted by molar-refractivity contribution is 5.98. The first-order valence-electron chi connectivity index (χ1n) is 7.96. The number of halogens is 1. The molecule has 0 fully saturated rings. The lowest BCUT2D eigenvalue weighted by atomic mass is 10.0. The summed E-state index contributed by atoms with van der Waals surface area (Å²) in [5.74, 6) is 0.155. The molecule has 25 heavy (non-hydrogen) atoms. The topological polar surface area (TPSA) is 51.2 Å². The Kier molecular flexibility index (Phi) is 3.90. The smallest absolute Gasteiger partial charge is 0.265 e. The van der Waals surface area contributed by atoms with Gasteiger partial charge in [0.25, 0.3) is 5.91 Å². The van der Waals surface area contributed by atoms with E-state index in [0.29, 0.717) is 23.2 Å². The van der Waals surface area contributed by atoms with Crippen molar-refractivity contribution in [1.29, 1.82) is 0 Å². The van der Waals surface area contributed by atoms with Gasteiger partial charge in [0, 0.05) is 18.2 Å². The van der Waals surface area contributed by atoms with Crippen molar-refractivity contribution >= 4 is 11.6 Å². The van der Waals surface area contributed by atoms with Crippen LogP contribution in [0.15, 0.2) is 67.0 Å². The molecular formula is C20H15FN2O2. The van der Waals surface area contributed by atoms with Crippen LogP contribution in [-0.4, -0.2) is 17.0 Å². The van der Waals surface area contributed by atoms with Crippen molar-refractivity contribution in [2.45, 2.75) is 12.5 Å². The van der Waals surface area contributed by atoms with Crippen LogP contribution in [0.2, 0.25) is 0 Å². The summed E-state index contributed by atoms with van der Waals surface area (Å²) in [6, 6.07) is 15.6. The van der Waals surface area contributed by atoms with Crippen LogP contribution in [0.5, 0.6) is 5.75 Å². The second-order valence-electron chi connectivity index (χ2n) is 5.84. The molecule has 2 heterocycles. The quantitative estimate of drug-likeness (QED) is 0.792. The second-order valence-corrected chi connectivity index (χ2v) is 5.84. The van der Waals surface area contributed by atoms with E-state index in [1.807, 2.05) is 24.3 Å². The summed E-state index contributed by atoms with van der Waals surface area (Å²) >= 11 is 0. The maximum atomic E-state index is 13.5. The summed E-state index contributed by atoms with van der Waals surface area (Å²) in [6.07, 6.45) is 3.10. The number of fused-ring (bicyclic) bond motifs is 1. The molecule has 1 aliphatic rings. The average Bonchev–Trinajstić information content (AvgIpc) is 3.06. The predicted molar refractivity (Wildman–Crippen MR) is 92.8 cm³/mol. The van der Waals surface area contributed by atoms with Crippen molar-refractivity contribution in [3.05, 3.63) is 78.4 Å². The van der Waals surface area contributed by atoms with Gasteiger partial charge >= 0.3 is 0 Å². The summed E-state index contributed by atoms with van der Waals surface area (Å²) < 4.78 is 19.2. The number of anilines is 1. The number of ether oxygens (including phenoxy) is 1. The summed E-state index contributed by atoms with van der Waals surface area (Å²) in [7, 11) is 0. The molecule has 0 saturated heterocycles. The lowest BCUT2D eigenvalue weighted by Crippen LogP contribution is -2.31. The number of nitrogens with zero attached hydrogens (tertiary/aromatic N) is 1. The fraction of sp³-hybridized carbons (Fsp3) is 0.100. The van der Waals surface area contributed by atoms with Gasteiger partial charge < -0.3 is 10.1 Å². The van der Waals surface area contributed by atoms with E-state index in [1.54, 1.807) is 30.6 Å². The third kappa shape index (κ3) is 3.08. The molecule has 1 unspecified atom stereocenters. The lowest BCUT2D eigenvalue weighted by molar-refractivity contribution is -0.122. The van der Waals surface area contributed by atoms with Crippen molar-refractivity contribution in [3.8, 4) is 16.9 Å². The third-order valence-corrected chi connectivity index (χ3v) is 4.15. The molecule has 5 heteroatoms. The van der Waals surface area contributed by atoms with E-state index < -0.39 is 6.10 Å².